The number of halogens is 1. The molecular formula is C17H20ClN3O. The molecular weight excluding hydrogens is 298 g/mol. The van der Waals surface area contributed by atoms with Gasteiger partial charge < -0.3 is 4.90 Å². The molecule has 0 saturated carbocycles. The zero-order chi connectivity index (χ0) is 15.7. The number of rotatable bonds is 2. The van der Waals surface area contributed by atoms with Gasteiger partial charge in [-0.2, -0.15) is 5.10 Å². The molecule has 1 aliphatic heterocycles. The van der Waals surface area contributed by atoms with Crippen molar-refractivity contribution in [2.24, 2.45) is 7.05 Å². The summed E-state index contributed by atoms with van der Waals surface area (Å²) in [6.07, 6.45) is 5.97. The van der Waals surface area contributed by atoms with E-state index in [1.807, 2.05) is 47.9 Å². The minimum absolute atomic E-state index is 0.0876. The second-order valence-corrected chi connectivity index (χ2v) is 6.33. The number of carbonyl (C=O) groups excluding carboxylic acids is 1. The van der Waals surface area contributed by atoms with Crippen LogP contribution < -0.4 is 0 Å². The summed E-state index contributed by atoms with van der Waals surface area (Å²) in [5, 5.41) is 4.89. The molecule has 0 unspecified atom stereocenters. The molecule has 0 atom stereocenters. The van der Waals surface area contributed by atoms with Crippen molar-refractivity contribution in [3.8, 4) is 0 Å². The van der Waals surface area contributed by atoms with Gasteiger partial charge in [-0.3, -0.25) is 9.48 Å². The van der Waals surface area contributed by atoms with Crippen molar-refractivity contribution >= 4 is 17.5 Å². The number of piperidine rings is 1. The van der Waals surface area contributed by atoms with Gasteiger partial charge in [-0.1, -0.05) is 17.7 Å². The number of carbonyl (C=O) groups is 1. The van der Waals surface area contributed by atoms with Crippen molar-refractivity contribution in [3.63, 3.8) is 0 Å². The molecule has 0 N–H and O–H groups in total. The molecule has 5 heteroatoms. The van der Waals surface area contributed by atoms with Gasteiger partial charge in [-0.25, -0.2) is 0 Å². The third-order valence-corrected chi connectivity index (χ3v) is 4.89. The lowest BCUT2D eigenvalue weighted by molar-refractivity contribution is 0.0712. The third kappa shape index (κ3) is 2.88. The zero-order valence-corrected chi connectivity index (χ0v) is 13.7. The Labute approximate surface area is 135 Å². The molecule has 1 aromatic heterocycles. The van der Waals surface area contributed by atoms with Crippen molar-refractivity contribution < 1.29 is 4.79 Å². The molecule has 2 heterocycles. The molecule has 1 aliphatic rings. The average Bonchev–Trinajstić information content (AvgIpc) is 2.96. The van der Waals surface area contributed by atoms with Crippen LogP contribution in [0.1, 0.15) is 40.2 Å². The highest BCUT2D eigenvalue weighted by Crippen LogP contribution is 2.29. The number of aryl methyl sites for hydroxylation is 1. The highest BCUT2D eigenvalue weighted by molar-refractivity contribution is 6.31. The lowest BCUT2D eigenvalue weighted by Gasteiger charge is -2.32. The molecule has 1 amide bonds. The Morgan fingerprint density at radius 3 is 2.68 bits per heavy atom. The van der Waals surface area contributed by atoms with Crippen LogP contribution >= 0.6 is 11.6 Å². The van der Waals surface area contributed by atoms with Gasteiger partial charge in [0.15, 0.2) is 0 Å². The van der Waals surface area contributed by atoms with Crippen molar-refractivity contribution in [1.29, 1.82) is 0 Å². The second kappa shape index (κ2) is 6.13. The van der Waals surface area contributed by atoms with Crippen LogP contribution in [0.3, 0.4) is 0 Å². The largest absolute Gasteiger partial charge is 0.339 e. The van der Waals surface area contributed by atoms with E-state index < -0.39 is 0 Å². The quantitative estimate of drug-likeness (QED) is 0.851. The number of likely N-dealkylation sites (tertiary alicyclic amines) is 1. The molecule has 0 aliphatic carbocycles. The maximum absolute atomic E-state index is 12.7. The fraction of sp³-hybridized carbons (Fsp3) is 0.412. The maximum Gasteiger partial charge on any atom is 0.254 e. The smallest absolute Gasteiger partial charge is 0.254 e. The van der Waals surface area contributed by atoms with Crippen molar-refractivity contribution in [3.05, 3.63) is 52.3 Å². The standard InChI is InChI=1S/C17H20ClN3O/c1-12-15(4-3-5-16(12)18)17(22)21-8-6-13(7-9-21)14-10-19-20(2)11-14/h3-5,10-11,13H,6-9H2,1-2H3. The van der Waals surface area contributed by atoms with Crippen LogP contribution in [0.2, 0.25) is 5.02 Å². The first-order chi connectivity index (χ1) is 10.6. The summed E-state index contributed by atoms with van der Waals surface area (Å²) in [4.78, 5) is 14.6. The summed E-state index contributed by atoms with van der Waals surface area (Å²) in [5.41, 5.74) is 2.85. The fourth-order valence-electron chi connectivity index (χ4n) is 3.08. The number of benzene rings is 1. The first-order valence-corrected chi connectivity index (χ1v) is 7.97. The topological polar surface area (TPSA) is 38.1 Å². The molecule has 1 aromatic carbocycles. The minimum Gasteiger partial charge on any atom is -0.339 e. The average molecular weight is 318 g/mol. The third-order valence-electron chi connectivity index (χ3n) is 4.48. The molecule has 0 radical (unpaired) electrons. The summed E-state index contributed by atoms with van der Waals surface area (Å²) in [6, 6.07) is 5.52. The number of amides is 1. The molecule has 116 valence electrons. The molecule has 0 bridgehead atoms. The molecule has 22 heavy (non-hydrogen) atoms. The number of nitrogens with zero attached hydrogens (tertiary/aromatic N) is 3. The van der Waals surface area contributed by atoms with Crippen LogP contribution in [0, 0.1) is 6.92 Å². The van der Waals surface area contributed by atoms with Gasteiger partial charge in [-0.15, -0.1) is 0 Å². The summed E-state index contributed by atoms with van der Waals surface area (Å²) in [6.45, 7) is 3.46. The molecule has 3 rings (SSSR count). The predicted molar refractivity (Wildman–Crippen MR) is 87.3 cm³/mol. The Kier molecular flexibility index (Phi) is 4.21. The van der Waals surface area contributed by atoms with Crippen LogP contribution in [0.15, 0.2) is 30.6 Å². The SMILES string of the molecule is Cc1c(Cl)cccc1C(=O)N1CCC(c2cnn(C)c2)CC1. The molecule has 0 spiro atoms. The van der Waals surface area contributed by atoms with Crippen LogP contribution in [-0.2, 0) is 7.05 Å². The van der Waals surface area contributed by atoms with E-state index in [0.717, 1.165) is 31.5 Å². The molecule has 4 nitrogen and oxygen atoms in total. The van der Waals surface area contributed by atoms with E-state index in [0.29, 0.717) is 16.5 Å². The fourth-order valence-corrected chi connectivity index (χ4v) is 3.25. The first kappa shape index (κ1) is 15.1. The van der Waals surface area contributed by atoms with E-state index in [-0.39, 0.29) is 5.91 Å². The highest BCUT2D eigenvalue weighted by atomic mass is 35.5. The van der Waals surface area contributed by atoms with Crippen LogP contribution in [0.4, 0.5) is 0 Å². The Morgan fingerprint density at radius 2 is 2.05 bits per heavy atom. The Morgan fingerprint density at radius 1 is 1.32 bits per heavy atom. The Bertz CT molecular complexity index is 687. The summed E-state index contributed by atoms with van der Waals surface area (Å²) < 4.78 is 1.84. The summed E-state index contributed by atoms with van der Waals surface area (Å²) in [7, 11) is 1.93. The van der Waals surface area contributed by atoms with E-state index in [2.05, 4.69) is 11.3 Å². The zero-order valence-electron chi connectivity index (χ0n) is 12.9. The normalized spacial score (nSPS) is 16.0. The van der Waals surface area contributed by atoms with Crippen molar-refractivity contribution in [1.82, 2.24) is 14.7 Å². The van der Waals surface area contributed by atoms with Crippen molar-refractivity contribution in [2.45, 2.75) is 25.7 Å². The second-order valence-electron chi connectivity index (χ2n) is 5.93. The van der Waals surface area contributed by atoms with Gasteiger partial charge in [0.1, 0.15) is 0 Å². The predicted octanol–water partition coefficient (Wildman–Crippen LogP) is 3.40. The van der Waals surface area contributed by atoms with E-state index in [4.69, 9.17) is 11.6 Å². The lowest BCUT2D eigenvalue weighted by atomic mass is 9.91. The Hall–Kier alpha value is -1.81. The van der Waals surface area contributed by atoms with Gasteiger partial charge in [0.05, 0.1) is 6.20 Å². The van der Waals surface area contributed by atoms with E-state index >= 15 is 0 Å². The minimum atomic E-state index is 0.0876. The van der Waals surface area contributed by atoms with E-state index in [9.17, 15) is 4.79 Å². The first-order valence-electron chi connectivity index (χ1n) is 7.59. The maximum atomic E-state index is 12.7. The number of aromatic nitrogens is 2. The molecule has 2 aromatic rings. The molecule has 1 saturated heterocycles. The van der Waals surface area contributed by atoms with Gasteiger partial charge in [0, 0.05) is 36.9 Å². The van der Waals surface area contributed by atoms with E-state index in [1.54, 1.807) is 0 Å². The van der Waals surface area contributed by atoms with Gasteiger partial charge >= 0.3 is 0 Å². The lowest BCUT2D eigenvalue weighted by Crippen LogP contribution is -2.38. The number of hydrogen-bond acceptors (Lipinski definition) is 2. The van der Waals surface area contributed by atoms with Gasteiger partial charge in [0.25, 0.3) is 5.91 Å². The highest BCUT2D eigenvalue weighted by Gasteiger charge is 2.26. The summed E-state index contributed by atoms with van der Waals surface area (Å²) in [5.74, 6) is 0.586. The monoisotopic (exact) mass is 317 g/mol. The number of hydrogen-bond donors (Lipinski definition) is 0. The van der Waals surface area contributed by atoms with Gasteiger partial charge in [0.2, 0.25) is 0 Å². The van der Waals surface area contributed by atoms with Crippen molar-refractivity contribution in [2.75, 3.05) is 13.1 Å². The van der Waals surface area contributed by atoms with E-state index in [1.165, 1.54) is 5.56 Å². The molecule has 1 fully saturated rings. The van der Waals surface area contributed by atoms with Crippen LogP contribution in [-0.4, -0.2) is 33.7 Å². The van der Waals surface area contributed by atoms with Crippen LogP contribution in [0.5, 0.6) is 0 Å². The van der Waals surface area contributed by atoms with Crippen LogP contribution in [0.25, 0.3) is 0 Å². The van der Waals surface area contributed by atoms with Gasteiger partial charge in [-0.05, 0) is 48.9 Å². The Balaban J connectivity index is 1.68. The summed E-state index contributed by atoms with van der Waals surface area (Å²) >= 11 is 6.12.